The molecule has 4 rings (SSSR count). The maximum absolute atomic E-state index is 12.8. The molecule has 0 saturated carbocycles. The number of fused-ring (bicyclic) bond motifs is 1. The van der Waals surface area contributed by atoms with Crippen LogP contribution in [-0.4, -0.2) is 51.5 Å². The van der Waals surface area contributed by atoms with Gasteiger partial charge >= 0.3 is 0 Å². The number of anilines is 1. The van der Waals surface area contributed by atoms with Crippen molar-refractivity contribution >= 4 is 22.9 Å². The topological polar surface area (TPSA) is 77.2 Å². The zero-order valence-corrected chi connectivity index (χ0v) is 16.6. The summed E-state index contributed by atoms with van der Waals surface area (Å²) in [5.41, 5.74) is 3.46. The van der Waals surface area contributed by atoms with E-state index in [1.54, 1.807) is 10.9 Å². The van der Waals surface area contributed by atoms with Crippen LogP contribution in [0.2, 0.25) is 0 Å². The van der Waals surface area contributed by atoms with Gasteiger partial charge in [-0.25, -0.2) is 4.98 Å². The maximum Gasteiger partial charge on any atom is 0.251 e. The highest BCUT2D eigenvalue weighted by atomic mass is 16.5. The van der Waals surface area contributed by atoms with Gasteiger partial charge in [-0.3, -0.25) is 9.48 Å². The maximum atomic E-state index is 12.8. The van der Waals surface area contributed by atoms with Gasteiger partial charge in [0.2, 0.25) is 5.95 Å². The Morgan fingerprint density at radius 3 is 2.75 bits per heavy atom. The first-order valence-electron chi connectivity index (χ1n) is 9.65. The van der Waals surface area contributed by atoms with Gasteiger partial charge in [-0.05, 0) is 24.6 Å². The van der Waals surface area contributed by atoms with E-state index < -0.39 is 0 Å². The summed E-state index contributed by atoms with van der Waals surface area (Å²) < 4.78 is 9.26. The minimum Gasteiger partial charge on any atom is -0.378 e. The molecule has 0 radical (unpaired) electrons. The molecule has 0 spiro atoms. The second-order valence-corrected chi connectivity index (χ2v) is 7.16. The Morgan fingerprint density at radius 1 is 1.29 bits per heavy atom. The molecule has 1 aliphatic heterocycles. The molecule has 2 aromatic heterocycles. The number of imidazole rings is 1. The highest BCUT2D eigenvalue weighted by Crippen LogP contribution is 2.24. The molecular weight excluding hydrogens is 356 g/mol. The van der Waals surface area contributed by atoms with Crippen molar-refractivity contribution in [2.45, 2.75) is 19.4 Å². The van der Waals surface area contributed by atoms with E-state index in [0.717, 1.165) is 42.1 Å². The van der Waals surface area contributed by atoms with Crippen LogP contribution >= 0.6 is 0 Å². The molecule has 3 aromatic rings. The van der Waals surface area contributed by atoms with Crippen molar-refractivity contribution in [1.82, 2.24) is 24.6 Å². The Kier molecular flexibility index (Phi) is 5.04. The number of nitrogens with zero attached hydrogens (tertiary/aromatic N) is 5. The van der Waals surface area contributed by atoms with E-state index in [0.29, 0.717) is 18.8 Å². The number of nitrogens with one attached hydrogen (secondary N) is 1. The monoisotopic (exact) mass is 382 g/mol. The van der Waals surface area contributed by atoms with Crippen molar-refractivity contribution < 1.29 is 9.53 Å². The summed E-state index contributed by atoms with van der Waals surface area (Å²) in [6.07, 6.45) is 4.53. The van der Waals surface area contributed by atoms with Crippen LogP contribution in [0.15, 0.2) is 30.6 Å². The summed E-state index contributed by atoms with van der Waals surface area (Å²) in [5.74, 6) is 0.814. The third-order valence-corrected chi connectivity index (χ3v) is 5.25. The molecule has 28 heavy (non-hydrogen) atoms. The lowest BCUT2D eigenvalue weighted by atomic mass is 10.1. The molecule has 1 N–H and O–H groups in total. The number of carbonyl (C=O) groups is 1. The zero-order chi connectivity index (χ0) is 19.7. The van der Waals surface area contributed by atoms with E-state index in [4.69, 9.17) is 9.72 Å². The van der Waals surface area contributed by atoms with Crippen LogP contribution in [0.1, 0.15) is 35.3 Å². The van der Waals surface area contributed by atoms with Crippen LogP contribution < -0.4 is 10.2 Å². The fraction of sp³-hybridized carbons (Fsp3) is 0.450. The van der Waals surface area contributed by atoms with E-state index in [1.807, 2.05) is 38.5 Å². The van der Waals surface area contributed by atoms with Crippen molar-refractivity contribution in [1.29, 1.82) is 0 Å². The SMILES string of the molecule is CCC(NC(=O)c1ccc2c(c1)nc(N1CCOCC1)n2C)c1cnn(C)c1. The van der Waals surface area contributed by atoms with Gasteiger partial charge in [0.05, 0.1) is 36.5 Å². The molecule has 1 aromatic carbocycles. The van der Waals surface area contributed by atoms with Crippen LogP contribution in [0.4, 0.5) is 5.95 Å². The quantitative estimate of drug-likeness (QED) is 0.731. The van der Waals surface area contributed by atoms with Gasteiger partial charge in [0.15, 0.2) is 0 Å². The van der Waals surface area contributed by atoms with Gasteiger partial charge in [-0.15, -0.1) is 0 Å². The molecule has 8 heteroatoms. The largest absolute Gasteiger partial charge is 0.378 e. The second kappa shape index (κ2) is 7.63. The van der Waals surface area contributed by atoms with Gasteiger partial charge in [-0.1, -0.05) is 6.92 Å². The predicted octanol–water partition coefficient (Wildman–Crippen LogP) is 2.02. The number of benzene rings is 1. The molecule has 8 nitrogen and oxygen atoms in total. The number of aromatic nitrogens is 4. The number of morpholine rings is 1. The van der Waals surface area contributed by atoms with Crippen LogP contribution in [0.25, 0.3) is 11.0 Å². The Labute approximate surface area is 164 Å². The van der Waals surface area contributed by atoms with Crippen molar-refractivity contribution in [2.75, 3.05) is 31.2 Å². The van der Waals surface area contributed by atoms with E-state index >= 15 is 0 Å². The number of hydrogen-bond donors (Lipinski definition) is 1. The average molecular weight is 382 g/mol. The molecule has 3 heterocycles. The number of ether oxygens (including phenoxy) is 1. The van der Waals surface area contributed by atoms with Crippen molar-refractivity contribution in [3.8, 4) is 0 Å². The van der Waals surface area contributed by atoms with Crippen LogP contribution in [-0.2, 0) is 18.8 Å². The van der Waals surface area contributed by atoms with Crippen molar-refractivity contribution in [3.63, 3.8) is 0 Å². The lowest BCUT2D eigenvalue weighted by Gasteiger charge is -2.27. The third-order valence-electron chi connectivity index (χ3n) is 5.25. The van der Waals surface area contributed by atoms with E-state index in [-0.39, 0.29) is 11.9 Å². The summed E-state index contributed by atoms with van der Waals surface area (Å²) in [7, 11) is 3.88. The molecule has 1 atom stereocenters. The van der Waals surface area contributed by atoms with Crippen molar-refractivity contribution in [2.24, 2.45) is 14.1 Å². The average Bonchev–Trinajstić information content (AvgIpc) is 3.29. The molecule has 1 amide bonds. The lowest BCUT2D eigenvalue weighted by molar-refractivity contribution is 0.0935. The lowest BCUT2D eigenvalue weighted by Crippen LogP contribution is -2.37. The van der Waals surface area contributed by atoms with E-state index in [2.05, 4.69) is 26.8 Å². The molecule has 0 aliphatic carbocycles. The van der Waals surface area contributed by atoms with E-state index in [1.165, 1.54) is 0 Å². The zero-order valence-electron chi connectivity index (χ0n) is 16.6. The number of aryl methyl sites for hydroxylation is 2. The van der Waals surface area contributed by atoms with Crippen LogP contribution in [0, 0.1) is 0 Å². The Morgan fingerprint density at radius 2 is 2.07 bits per heavy atom. The Hall–Kier alpha value is -2.87. The fourth-order valence-corrected chi connectivity index (χ4v) is 3.66. The van der Waals surface area contributed by atoms with Gasteiger partial charge in [0.25, 0.3) is 5.91 Å². The van der Waals surface area contributed by atoms with Gasteiger partial charge in [-0.2, -0.15) is 5.10 Å². The molecule has 1 saturated heterocycles. The predicted molar refractivity (Wildman–Crippen MR) is 107 cm³/mol. The summed E-state index contributed by atoms with van der Waals surface area (Å²) in [6.45, 7) is 5.13. The highest BCUT2D eigenvalue weighted by molar-refractivity contribution is 5.98. The summed E-state index contributed by atoms with van der Waals surface area (Å²) >= 11 is 0. The smallest absolute Gasteiger partial charge is 0.251 e. The molecule has 1 unspecified atom stereocenters. The molecule has 1 fully saturated rings. The highest BCUT2D eigenvalue weighted by Gasteiger charge is 2.20. The first-order chi connectivity index (χ1) is 13.6. The standard InChI is InChI=1S/C20H26N6O2/c1-4-16(15-12-21-24(2)13-15)22-19(27)14-5-6-18-17(11-14)23-20(25(18)3)26-7-9-28-10-8-26/h5-6,11-13,16H,4,7-10H2,1-3H3,(H,22,27). The van der Waals surface area contributed by atoms with Gasteiger partial charge in [0.1, 0.15) is 0 Å². The number of rotatable bonds is 5. The summed E-state index contributed by atoms with van der Waals surface area (Å²) in [5, 5.41) is 7.31. The minimum absolute atomic E-state index is 0.0652. The second-order valence-electron chi connectivity index (χ2n) is 7.16. The van der Waals surface area contributed by atoms with Crippen LogP contribution in [0.5, 0.6) is 0 Å². The molecule has 148 valence electrons. The molecule has 0 bridgehead atoms. The number of amides is 1. The third kappa shape index (κ3) is 3.47. The van der Waals surface area contributed by atoms with E-state index in [9.17, 15) is 4.79 Å². The summed E-state index contributed by atoms with van der Waals surface area (Å²) in [4.78, 5) is 19.8. The number of carbonyl (C=O) groups excluding carboxylic acids is 1. The summed E-state index contributed by atoms with van der Waals surface area (Å²) in [6, 6.07) is 5.62. The molecule has 1 aliphatic rings. The van der Waals surface area contributed by atoms with Gasteiger partial charge < -0.3 is 19.5 Å². The Balaban J connectivity index is 1.57. The normalized spacial score (nSPS) is 15.8. The number of hydrogen-bond acceptors (Lipinski definition) is 5. The first kappa shape index (κ1) is 18.5. The Bertz CT molecular complexity index is 986. The van der Waals surface area contributed by atoms with Crippen LogP contribution in [0.3, 0.4) is 0 Å². The van der Waals surface area contributed by atoms with Gasteiger partial charge in [0, 0.05) is 44.5 Å². The fourth-order valence-electron chi connectivity index (χ4n) is 3.66. The minimum atomic E-state index is -0.101. The first-order valence-corrected chi connectivity index (χ1v) is 9.65. The molecular formula is C20H26N6O2. The van der Waals surface area contributed by atoms with Crippen molar-refractivity contribution in [3.05, 3.63) is 41.7 Å².